The number of benzene rings is 2. The molecule has 1 heterocycles. The minimum absolute atomic E-state index is 0.0609. The number of carbonyl (C=O) groups is 1. The van der Waals surface area contributed by atoms with E-state index in [1.54, 1.807) is 7.11 Å². The van der Waals surface area contributed by atoms with Crippen LogP contribution in [0.3, 0.4) is 0 Å². The summed E-state index contributed by atoms with van der Waals surface area (Å²) in [4.78, 5) is 16.6. The molecule has 1 aliphatic heterocycles. The van der Waals surface area contributed by atoms with E-state index in [1.165, 1.54) is 11.3 Å². The highest BCUT2D eigenvalue weighted by molar-refractivity contribution is 5.89. The van der Waals surface area contributed by atoms with E-state index >= 15 is 0 Å². The number of nitrogens with one attached hydrogen (secondary N) is 1. The largest absolute Gasteiger partial charge is 0.497 e. The molecule has 0 bridgehead atoms. The summed E-state index contributed by atoms with van der Waals surface area (Å²) in [6, 6.07) is 16.1. The zero-order valence-corrected chi connectivity index (χ0v) is 14.9. The Morgan fingerprint density at radius 2 is 1.80 bits per heavy atom. The molecular formula is C20H25N3O2. The number of methoxy groups -OCH3 is 1. The standard InChI is InChI=1S/C20H25N3O2/c1-3-16-7-9-18(10-8-16)22-11-13-23(14-12-22)20(24)21-17-5-4-6-19(15-17)25-2/h4-10,15H,3,11-14H2,1-2H3,(H,21,24). The van der Waals surface area contributed by atoms with Gasteiger partial charge in [0.2, 0.25) is 0 Å². The van der Waals surface area contributed by atoms with Crippen molar-refractivity contribution in [3.8, 4) is 5.75 Å². The van der Waals surface area contributed by atoms with Crippen LogP contribution in [0.2, 0.25) is 0 Å². The summed E-state index contributed by atoms with van der Waals surface area (Å²) in [6.07, 6.45) is 1.05. The van der Waals surface area contributed by atoms with Crippen molar-refractivity contribution in [1.29, 1.82) is 0 Å². The fraction of sp³-hybridized carbons (Fsp3) is 0.350. The van der Waals surface area contributed by atoms with Crippen molar-refractivity contribution in [2.75, 3.05) is 43.5 Å². The molecule has 0 spiro atoms. The Kier molecular flexibility index (Phi) is 5.43. The van der Waals surface area contributed by atoms with Crippen LogP contribution in [-0.4, -0.2) is 44.2 Å². The van der Waals surface area contributed by atoms with Gasteiger partial charge in [-0.2, -0.15) is 0 Å². The van der Waals surface area contributed by atoms with Crippen molar-refractivity contribution in [3.63, 3.8) is 0 Å². The number of urea groups is 1. The third kappa shape index (κ3) is 4.24. The summed E-state index contributed by atoms with van der Waals surface area (Å²) in [5.41, 5.74) is 3.33. The summed E-state index contributed by atoms with van der Waals surface area (Å²) < 4.78 is 5.19. The molecule has 2 amide bonds. The molecule has 0 atom stereocenters. The SMILES string of the molecule is CCc1ccc(N2CCN(C(=O)Nc3cccc(OC)c3)CC2)cc1. The molecule has 1 N–H and O–H groups in total. The van der Waals surface area contributed by atoms with Crippen molar-refractivity contribution < 1.29 is 9.53 Å². The van der Waals surface area contributed by atoms with Gasteiger partial charge in [0.25, 0.3) is 0 Å². The van der Waals surface area contributed by atoms with E-state index < -0.39 is 0 Å². The maximum Gasteiger partial charge on any atom is 0.321 e. The molecular weight excluding hydrogens is 314 g/mol. The van der Waals surface area contributed by atoms with Crippen molar-refractivity contribution >= 4 is 17.4 Å². The number of hydrogen-bond acceptors (Lipinski definition) is 3. The molecule has 3 rings (SSSR count). The van der Waals surface area contributed by atoms with Crippen LogP contribution in [0.5, 0.6) is 5.75 Å². The first-order valence-electron chi connectivity index (χ1n) is 8.73. The van der Waals surface area contributed by atoms with Crippen LogP contribution in [-0.2, 0) is 6.42 Å². The van der Waals surface area contributed by atoms with Gasteiger partial charge in [-0.05, 0) is 36.2 Å². The highest BCUT2D eigenvalue weighted by Crippen LogP contribution is 2.19. The maximum atomic E-state index is 12.4. The number of aryl methyl sites for hydroxylation is 1. The molecule has 0 unspecified atom stereocenters. The van der Waals surface area contributed by atoms with Gasteiger partial charge in [0.15, 0.2) is 0 Å². The molecule has 5 heteroatoms. The topological polar surface area (TPSA) is 44.8 Å². The van der Waals surface area contributed by atoms with Gasteiger partial charge in [-0.3, -0.25) is 0 Å². The lowest BCUT2D eigenvalue weighted by Gasteiger charge is -2.36. The first-order chi connectivity index (χ1) is 12.2. The quantitative estimate of drug-likeness (QED) is 0.925. The number of piperazine rings is 1. The van der Waals surface area contributed by atoms with Gasteiger partial charge in [-0.15, -0.1) is 0 Å². The molecule has 1 aliphatic rings. The lowest BCUT2D eigenvalue weighted by Crippen LogP contribution is -2.50. The molecule has 1 saturated heterocycles. The smallest absolute Gasteiger partial charge is 0.321 e. The normalized spacial score (nSPS) is 14.3. The maximum absolute atomic E-state index is 12.4. The monoisotopic (exact) mass is 339 g/mol. The predicted molar refractivity (Wildman–Crippen MR) is 102 cm³/mol. The number of carbonyl (C=O) groups excluding carboxylic acids is 1. The zero-order valence-electron chi connectivity index (χ0n) is 14.9. The van der Waals surface area contributed by atoms with E-state index in [2.05, 4.69) is 41.4 Å². The molecule has 0 aromatic heterocycles. The summed E-state index contributed by atoms with van der Waals surface area (Å²) in [5.74, 6) is 0.734. The molecule has 0 aliphatic carbocycles. The predicted octanol–water partition coefficient (Wildman–Crippen LogP) is 3.61. The molecule has 0 saturated carbocycles. The summed E-state index contributed by atoms with van der Waals surface area (Å²) in [7, 11) is 1.62. The molecule has 5 nitrogen and oxygen atoms in total. The van der Waals surface area contributed by atoms with E-state index in [9.17, 15) is 4.79 Å². The van der Waals surface area contributed by atoms with Crippen LogP contribution >= 0.6 is 0 Å². The molecule has 2 aromatic rings. The van der Waals surface area contributed by atoms with Gasteiger partial charge < -0.3 is 19.9 Å². The number of anilines is 2. The third-order valence-electron chi connectivity index (χ3n) is 4.60. The van der Waals surface area contributed by atoms with Gasteiger partial charge in [-0.1, -0.05) is 25.1 Å². The second-order valence-electron chi connectivity index (χ2n) is 6.16. The summed E-state index contributed by atoms with van der Waals surface area (Å²) in [6.45, 7) is 5.28. The Hall–Kier alpha value is -2.69. The Morgan fingerprint density at radius 1 is 1.08 bits per heavy atom. The Bertz CT molecular complexity index is 707. The first-order valence-corrected chi connectivity index (χ1v) is 8.73. The fourth-order valence-electron chi connectivity index (χ4n) is 3.01. The van der Waals surface area contributed by atoms with Crippen molar-refractivity contribution in [1.82, 2.24) is 4.90 Å². The van der Waals surface area contributed by atoms with Crippen molar-refractivity contribution in [2.24, 2.45) is 0 Å². The van der Waals surface area contributed by atoms with Crippen molar-refractivity contribution in [2.45, 2.75) is 13.3 Å². The number of nitrogens with zero attached hydrogens (tertiary/aromatic N) is 2. The molecule has 25 heavy (non-hydrogen) atoms. The highest BCUT2D eigenvalue weighted by Gasteiger charge is 2.21. The average Bonchev–Trinajstić information content (AvgIpc) is 2.68. The van der Waals surface area contributed by atoms with Crippen molar-refractivity contribution in [3.05, 3.63) is 54.1 Å². The lowest BCUT2D eigenvalue weighted by atomic mass is 10.1. The van der Waals surface area contributed by atoms with E-state index in [0.717, 1.165) is 30.9 Å². The summed E-state index contributed by atoms with van der Waals surface area (Å²) >= 11 is 0. The number of ether oxygens (including phenoxy) is 1. The minimum atomic E-state index is -0.0609. The molecule has 0 radical (unpaired) electrons. The van der Waals surface area contributed by atoms with Crippen LogP contribution in [0.25, 0.3) is 0 Å². The zero-order chi connectivity index (χ0) is 17.6. The third-order valence-corrected chi connectivity index (χ3v) is 4.60. The molecule has 2 aromatic carbocycles. The number of hydrogen-bond donors (Lipinski definition) is 1. The van der Waals surface area contributed by atoms with Crippen LogP contribution < -0.4 is 15.0 Å². The van der Waals surface area contributed by atoms with Gasteiger partial charge in [-0.25, -0.2) is 4.79 Å². The number of amides is 2. The van der Waals surface area contributed by atoms with Crippen LogP contribution in [0, 0.1) is 0 Å². The van der Waals surface area contributed by atoms with E-state index in [1.807, 2.05) is 29.2 Å². The Balaban J connectivity index is 1.54. The second kappa shape index (κ2) is 7.92. The van der Waals surface area contributed by atoms with Gasteiger partial charge in [0.05, 0.1) is 7.11 Å². The van der Waals surface area contributed by atoms with E-state index in [0.29, 0.717) is 13.1 Å². The average molecular weight is 339 g/mol. The Labute approximate surface area is 149 Å². The van der Waals surface area contributed by atoms with E-state index in [4.69, 9.17) is 4.74 Å². The molecule has 132 valence electrons. The fourth-order valence-corrected chi connectivity index (χ4v) is 3.01. The highest BCUT2D eigenvalue weighted by atomic mass is 16.5. The van der Waals surface area contributed by atoms with Crippen LogP contribution in [0.15, 0.2) is 48.5 Å². The van der Waals surface area contributed by atoms with Crippen LogP contribution in [0.1, 0.15) is 12.5 Å². The van der Waals surface area contributed by atoms with Gasteiger partial charge in [0, 0.05) is 43.6 Å². The number of rotatable bonds is 4. The molecule has 1 fully saturated rings. The Morgan fingerprint density at radius 3 is 2.44 bits per heavy atom. The first kappa shape index (κ1) is 17.1. The van der Waals surface area contributed by atoms with Gasteiger partial charge >= 0.3 is 6.03 Å². The second-order valence-corrected chi connectivity index (χ2v) is 6.16. The lowest BCUT2D eigenvalue weighted by molar-refractivity contribution is 0.208. The summed E-state index contributed by atoms with van der Waals surface area (Å²) in [5, 5.41) is 2.94. The van der Waals surface area contributed by atoms with Crippen LogP contribution in [0.4, 0.5) is 16.2 Å². The van der Waals surface area contributed by atoms with E-state index in [-0.39, 0.29) is 6.03 Å². The minimum Gasteiger partial charge on any atom is -0.497 e. The van der Waals surface area contributed by atoms with Gasteiger partial charge in [0.1, 0.15) is 5.75 Å².